The lowest BCUT2D eigenvalue weighted by molar-refractivity contribution is 0.0696. The summed E-state index contributed by atoms with van der Waals surface area (Å²) in [6.45, 7) is 5.66. The van der Waals surface area contributed by atoms with Crippen molar-refractivity contribution in [3.8, 4) is 11.8 Å². The first kappa shape index (κ1) is 15.3. The van der Waals surface area contributed by atoms with Gasteiger partial charge in [-0.2, -0.15) is 0 Å². The van der Waals surface area contributed by atoms with Crippen LogP contribution < -0.4 is 0 Å². The molecule has 0 aliphatic carbocycles. The van der Waals surface area contributed by atoms with Crippen LogP contribution in [0.25, 0.3) is 0 Å². The summed E-state index contributed by atoms with van der Waals surface area (Å²) in [6, 6.07) is 5.28. The summed E-state index contributed by atoms with van der Waals surface area (Å²) < 4.78 is 24.0. The zero-order chi connectivity index (χ0) is 14.7. The zero-order valence-electron chi connectivity index (χ0n) is 11.1. The molecule has 0 aliphatic heterocycles. The summed E-state index contributed by atoms with van der Waals surface area (Å²) in [5.41, 5.74) is -0.317. The molecule has 0 fully saturated rings. The topological polar surface area (TPSA) is 71.4 Å². The number of hydrogen-bond donors (Lipinski definition) is 1. The minimum Gasteiger partial charge on any atom is -0.478 e. The van der Waals surface area contributed by atoms with Crippen LogP contribution in [0.1, 0.15) is 31.1 Å². The van der Waals surface area contributed by atoms with Crippen LogP contribution in [0.5, 0.6) is 0 Å². The van der Waals surface area contributed by atoms with Crippen molar-refractivity contribution in [3.05, 3.63) is 29.8 Å². The summed E-state index contributed by atoms with van der Waals surface area (Å²) in [4.78, 5) is 10.8. The largest absolute Gasteiger partial charge is 0.478 e. The van der Waals surface area contributed by atoms with Crippen LogP contribution in [-0.4, -0.2) is 25.2 Å². The van der Waals surface area contributed by atoms with Crippen molar-refractivity contribution in [2.75, 3.05) is 5.75 Å². The molecule has 1 aromatic rings. The molecule has 0 atom stereocenters. The van der Waals surface area contributed by atoms with Gasteiger partial charge in [0.25, 0.3) is 0 Å². The SMILES string of the molecule is CC(C)(C)C#CCS(=O)(=O)c1cccc(C(=O)O)c1. The van der Waals surface area contributed by atoms with Crippen molar-refractivity contribution >= 4 is 15.8 Å². The van der Waals surface area contributed by atoms with Crippen LogP contribution in [0.15, 0.2) is 29.2 Å². The van der Waals surface area contributed by atoms with Gasteiger partial charge in [0.2, 0.25) is 0 Å². The maximum atomic E-state index is 12.0. The molecule has 0 bridgehead atoms. The molecule has 0 aliphatic rings. The molecule has 1 aromatic carbocycles. The highest BCUT2D eigenvalue weighted by Crippen LogP contribution is 2.14. The predicted octanol–water partition coefficient (Wildman–Crippen LogP) is 2.21. The Morgan fingerprint density at radius 1 is 1.32 bits per heavy atom. The molecule has 0 saturated carbocycles. The monoisotopic (exact) mass is 280 g/mol. The quantitative estimate of drug-likeness (QED) is 0.862. The third kappa shape index (κ3) is 4.76. The van der Waals surface area contributed by atoms with Gasteiger partial charge in [0.05, 0.1) is 10.5 Å². The van der Waals surface area contributed by atoms with E-state index in [9.17, 15) is 13.2 Å². The van der Waals surface area contributed by atoms with Crippen LogP contribution in [0.4, 0.5) is 0 Å². The number of carboxylic acids is 1. The number of hydrogen-bond acceptors (Lipinski definition) is 3. The molecule has 0 spiro atoms. The standard InChI is InChI=1S/C14H16O4S/c1-14(2,3)8-5-9-19(17,18)12-7-4-6-11(10-12)13(15)16/h4,6-7,10H,9H2,1-3H3,(H,15,16). The number of aromatic carboxylic acids is 1. The maximum absolute atomic E-state index is 12.0. The molecule has 1 N–H and O–H groups in total. The first-order valence-corrected chi connectivity index (χ1v) is 7.33. The number of benzene rings is 1. The average Bonchev–Trinajstić information content (AvgIpc) is 2.27. The van der Waals surface area contributed by atoms with Crippen molar-refractivity contribution in [1.82, 2.24) is 0 Å². The van der Waals surface area contributed by atoms with Gasteiger partial charge in [-0.1, -0.05) is 17.9 Å². The van der Waals surface area contributed by atoms with E-state index >= 15 is 0 Å². The Hall–Kier alpha value is -1.80. The second kappa shape index (κ2) is 5.45. The van der Waals surface area contributed by atoms with E-state index in [0.717, 1.165) is 6.07 Å². The third-order valence-corrected chi connectivity index (χ3v) is 3.66. The normalized spacial score (nSPS) is 11.5. The van der Waals surface area contributed by atoms with Crippen molar-refractivity contribution in [1.29, 1.82) is 0 Å². The van der Waals surface area contributed by atoms with Crippen LogP contribution >= 0.6 is 0 Å². The Balaban J connectivity index is 3.04. The Bertz CT molecular complexity index is 640. The van der Waals surface area contributed by atoms with Crippen LogP contribution in [0.3, 0.4) is 0 Å². The molecule has 0 heterocycles. The first-order valence-electron chi connectivity index (χ1n) is 5.68. The highest BCUT2D eigenvalue weighted by molar-refractivity contribution is 7.91. The molecule has 5 heteroatoms. The Morgan fingerprint density at radius 2 is 1.95 bits per heavy atom. The highest BCUT2D eigenvalue weighted by atomic mass is 32.2. The van der Waals surface area contributed by atoms with Gasteiger partial charge in [-0.05, 0) is 39.0 Å². The lowest BCUT2D eigenvalue weighted by atomic mass is 9.98. The van der Waals surface area contributed by atoms with Crippen LogP contribution in [0, 0.1) is 17.3 Å². The Morgan fingerprint density at radius 3 is 2.47 bits per heavy atom. The van der Waals surface area contributed by atoms with E-state index in [1.165, 1.54) is 18.2 Å². The van der Waals surface area contributed by atoms with Gasteiger partial charge in [0, 0.05) is 5.41 Å². The number of rotatable bonds is 3. The first-order chi connectivity index (χ1) is 8.62. The molecule has 102 valence electrons. The van der Waals surface area contributed by atoms with Gasteiger partial charge in [0.1, 0.15) is 5.75 Å². The molecule has 19 heavy (non-hydrogen) atoms. The summed E-state index contributed by atoms with van der Waals surface area (Å²) in [5, 5.41) is 8.83. The Labute approximate surface area is 113 Å². The molecular weight excluding hydrogens is 264 g/mol. The predicted molar refractivity (Wildman–Crippen MR) is 72.7 cm³/mol. The van der Waals surface area contributed by atoms with Crippen LogP contribution in [-0.2, 0) is 9.84 Å². The molecule has 1 rings (SSSR count). The molecule has 0 aromatic heterocycles. The minimum absolute atomic E-state index is 0.0180. The Kier molecular flexibility index (Phi) is 4.38. The van der Waals surface area contributed by atoms with Gasteiger partial charge in [-0.3, -0.25) is 0 Å². The van der Waals surface area contributed by atoms with E-state index in [1.54, 1.807) is 0 Å². The number of carbonyl (C=O) groups is 1. The fourth-order valence-corrected chi connectivity index (χ4v) is 2.32. The summed E-state index contributed by atoms with van der Waals surface area (Å²) in [6.07, 6.45) is 0. The van der Waals surface area contributed by atoms with Gasteiger partial charge >= 0.3 is 5.97 Å². The second-order valence-corrected chi connectivity index (χ2v) is 7.13. The number of carboxylic acid groups (broad SMARTS) is 1. The lowest BCUT2D eigenvalue weighted by Crippen LogP contribution is -2.08. The molecule has 4 nitrogen and oxygen atoms in total. The smallest absolute Gasteiger partial charge is 0.335 e. The van der Waals surface area contributed by atoms with E-state index in [-0.39, 0.29) is 21.6 Å². The molecule has 0 saturated heterocycles. The maximum Gasteiger partial charge on any atom is 0.335 e. The third-order valence-electron chi connectivity index (χ3n) is 2.17. The van der Waals surface area contributed by atoms with Gasteiger partial charge < -0.3 is 5.11 Å². The second-order valence-electron chi connectivity index (χ2n) is 5.14. The average molecular weight is 280 g/mol. The van der Waals surface area contributed by atoms with Crippen molar-refractivity contribution in [2.24, 2.45) is 5.41 Å². The van der Waals surface area contributed by atoms with E-state index in [4.69, 9.17) is 5.11 Å². The van der Waals surface area contributed by atoms with E-state index in [0.29, 0.717) is 0 Å². The fraction of sp³-hybridized carbons (Fsp3) is 0.357. The van der Waals surface area contributed by atoms with Gasteiger partial charge in [-0.15, -0.1) is 0 Å². The molecular formula is C14H16O4S. The van der Waals surface area contributed by atoms with Crippen molar-refractivity contribution in [3.63, 3.8) is 0 Å². The highest BCUT2D eigenvalue weighted by Gasteiger charge is 2.15. The van der Waals surface area contributed by atoms with E-state index < -0.39 is 15.8 Å². The molecule has 0 amide bonds. The van der Waals surface area contributed by atoms with Gasteiger partial charge in [0.15, 0.2) is 9.84 Å². The lowest BCUT2D eigenvalue weighted by Gasteiger charge is -2.07. The van der Waals surface area contributed by atoms with E-state index in [1.807, 2.05) is 20.8 Å². The summed E-state index contributed by atoms with van der Waals surface area (Å²) in [5.74, 6) is 4.00. The summed E-state index contributed by atoms with van der Waals surface area (Å²) >= 11 is 0. The minimum atomic E-state index is -3.58. The van der Waals surface area contributed by atoms with Gasteiger partial charge in [-0.25, -0.2) is 13.2 Å². The zero-order valence-corrected chi connectivity index (χ0v) is 11.9. The summed E-state index contributed by atoms with van der Waals surface area (Å²) in [7, 11) is -3.58. The molecule has 0 radical (unpaired) electrons. The van der Waals surface area contributed by atoms with E-state index in [2.05, 4.69) is 11.8 Å². The van der Waals surface area contributed by atoms with Crippen molar-refractivity contribution < 1.29 is 18.3 Å². The molecule has 0 unspecified atom stereocenters. The number of sulfone groups is 1. The fourth-order valence-electron chi connectivity index (χ4n) is 1.30. The van der Waals surface area contributed by atoms with Crippen LogP contribution in [0.2, 0.25) is 0 Å². The van der Waals surface area contributed by atoms with Crippen molar-refractivity contribution in [2.45, 2.75) is 25.7 Å².